The first kappa shape index (κ1) is 10.3. The number of imide groups is 1. The summed E-state index contributed by atoms with van der Waals surface area (Å²) in [5.74, 6) is 5.13. The molecule has 0 radical (unpaired) electrons. The molecule has 0 unspecified atom stereocenters. The van der Waals surface area contributed by atoms with Crippen LogP contribution in [0.1, 0.15) is 32.1 Å². The van der Waals surface area contributed by atoms with Gasteiger partial charge in [-0.3, -0.25) is 9.59 Å². The lowest BCUT2D eigenvalue weighted by Gasteiger charge is -2.34. The molecule has 1 fully saturated rings. The van der Waals surface area contributed by atoms with Gasteiger partial charge in [-0.15, -0.1) is 5.12 Å². The van der Waals surface area contributed by atoms with Crippen LogP contribution >= 0.6 is 0 Å². The fraction of sp³-hybridized carbons (Fsp3) is 0.600. The Balaban J connectivity index is 2.03. The van der Waals surface area contributed by atoms with Crippen molar-refractivity contribution in [3.05, 3.63) is 12.2 Å². The average molecular weight is 209 g/mol. The van der Waals surface area contributed by atoms with E-state index in [0.29, 0.717) is 0 Å². The molecule has 0 atom stereocenters. The van der Waals surface area contributed by atoms with Crippen molar-refractivity contribution >= 4 is 11.8 Å². The summed E-state index contributed by atoms with van der Waals surface area (Å²) in [6.45, 7) is 0. The lowest BCUT2D eigenvalue weighted by Crippen LogP contribution is -2.56. The Kier molecular flexibility index (Phi) is 2.83. The van der Waals surface area contributed by atoms with E-state index in [0.717, 1.165) is 30.7 Å². The SMILES string of the molecule is NN(C1CCCCC1)N1C(=O)C=CC1=O. The molecule has 1 aliphatic carbocycles. The molecule has 2 amide bonds. The Morgan fingerprint density at radius 2 is 1.67 bits per heavy atom. The van der Waals surface area contributed by atoms with Crippen LogP contribution in [0.25, 0.3) is 0 Å². The van der Waals surface area contributed by atoms with Gasteiger partial charge in [0.15, 0.2) is 0 Å². The Morgan fingerprint density at radius 3 is 2.20 bits per heavy atom. The molecule has 2 N–H and O–H groups in total. The standard InChI is InChI=1S/C10H15N3O2/c11-13(8-4-2-1-3-5-8)12-9(14)6-7-10(12)15/h6-8H,1-5,11H2. The Morgan fingerprint density at radius 1 is 1.13 bits per heavy atom. The largest absolute Gasteiger partial charge is 0.269 e. The third-order valence-corrected chi connectivity index (χ3v) is 2.97. The predicted octanol–water partition coefficient (Wildman–Crippen LogP) is 0.335. The topological polar surface area (TPSA) is 66.6 Å². The molecule has 0 saturated heterocycles. The van der Waals surface area contributed by atoms with Crippen molar-refractivity contribution in [2.24, 2.45) is 5.84 Å². The van der Waals surface area contributed by atoms with Crippen LogP contribution in [0.15, 0.2) is 12.2 Å². The molecule has 1 aliphatic heterocycles. The molecule has 5 heteroatoms. The summed E-state index contributed by atoms with van der Waals surface area (Å²) in [5.41, 5.74) is 0. The molecule has 0 aromatic rings. The van der Waals surface area contributed by atoms with Gasteiger partial charge in [-0.25, -0.2) is 5.84 Å². The highest BCUT2D eigenvalue weighted by molar-refractivity contribution is 6.12. The maximum absolute atomic E-state index is 11.4. The van der Waals surface area contributed by atoms with Gasteiger partial charge in [-0.05, 0) is 12.8 Å². The Bertz CT molecular complexity index is 290. The van der Waals surface area contributed by atoms with E-state index < -0.39 is 0 Å². The van der Waals surface area contributed by atoms with Gasteiger partial charge in [0.05, 0.1) is 0 Å². The van der Waals surface area contributed by atoms with Crippen molar-refractivity contribution in [3.8, 4) is 0 Å². The van der Waals surface area contributed by atoms with Gasteiger partial charge < -0.3 is 0 Å². The zero-order chi connectivity index (χ0) is 10.8. The summed E-state index contributed by atoms with van der Waals surface area (Å²) in [4.78, 5) is 22.7. The van der Waals surface area contributed by atoms with Crippen molar-refractivity contribution in [1.29, 1.82) is 0 Å². The first-order valence-corrected chi connectivity index (χ1v) is 5.30. The van der Waals surface area contributed by atoms with Crippen LogP contribution in [0.2, 0.25) is 0 Å². The summed E-state index contributed by atoms with van der Waals surface area (Å²) in [6, 6.07) is 0.117. The molecule has 0 spiro atoms. The predicted molar refractivity (Wildman–Crippen MR) is 53.9 cm³/mol. The van der Waals surface area contributed by atoms with E-state index in [1.165, 1.54) is 23.7 Å². The molecular weight excluding hydrogens is 194 g/mol. The highest BCUT2D eigenvalue weighted by Crippen LogP contribution is 2.22. The zero-order valence-electron chi connectivity index (χ0n) is 8.56. The van der Waals surface area contributed by atoms with Crippen molar-refractivity contribution in [2.45, 2.75) is 38.1 Å². The number of carbonyl (C=O) groups is 2. The van der Waals surface area contributed by atoms with E-state index in [1.54, 1.807) is 0 Å². The van der Waals surface area contributed by atoms with Crippen LogP contribution in [-0.2, 0) is 9.59 Å². The van der Waals surface area contributed by atoms with Gasteiger partial charge >= 0.3 is 0 Å². The maximum atomic E-state index is 11.4. The Hall–Kier alpha value is -1.20. The summed E-state index contributed by atoms with van der Waals surface area (Å²) in [6.07, 6.45) is 7.85. The van der Waals surface area contributed by atoms with Gasteiger partial charge in [-0.1, -0.05) is 19.3 Å². The van der Waals surface area contributed by atoms with Gasteiger partial charge in [0, 0.05) is 18.2 Å². The molecule has 82 valence electrons. The second kappa shape index (κ2) is 4.12. The third kappa shape index (κ3) is 1.93. The minimum absolute atomic E-state index is 0.117. The summed E-state index contributed by atoms with van der Waals surface area (Å²) < 4.78 is 0. The van der Waals surface area contributed by atoms with Crippen LogP contribution in [0.5, 0.6) is 0 Å². The smallest absolute Gasteiger partial charge is 0.268 e. The highest BCUT2D eigenvalue weighted by Gasteiger charge is 2.32. The molecule has 15 heavy (non-hydrogen) atoms. The molecular formula is C10H15N3O2. The first-order valence-electron chi connectivity index (χ1n) is 5.30. The van der Waals surface area contributed by atoms with Crippen LogP contribution < -0.4 is 5.84 Å². The van der Waals surface area contributed by atoms with E-state index in [2.05, 4.69) is 0 Å². The molecule has 2 aliphatic rings. The fourth-order valence-electron chi connectivity index (χ4n) is 2.13. The van der Waals surface area contributed by atoms with E-state index in [9.17, 15) is 9.59 Å². The number of hydrogen-bond donors (Lipinski definition) is 1. The summed E-state index contributed by atoms with van der Waals surface area (Å²) in [7, 11) is 0. The molecule has 0 aromatic carbocycles. The first-order chi connectivity index (χ1) is 7.20. The van der Waals surface area contributed by atoms with Crippen molar-refractivity contribution < 1.29 is 9.59 Å². The monoisotopic (exact) mass is 209 g/mol. The fourth-order valence-corrected chi connectivity index (χ4v) is 2.13. The molecule has 0 bridgehead atoms. The van der Waals surface area contributed by atoms with Crippen LogP contribution in [-0.4, -0.2) is 28.0 Å². The number of nitrogens with zero attached hydrogens (tertiary/aromatic N) is 2. The van der Waals surface area contributed by atoms with Crippen LogP contribution in [0.4, 0.5) is 0 Å². The lowest BCUT2D eigenvalue weighted by molar-refractivity contribution is -0.161. The molecule has 5 nitrogen and oxygen atoms in total. The molecule has 2 rings (SSSR count). The summed E-state index contributed by atoms with van der Waals surface area (Å²) >= 11 is 0. The quantitative estimate of drug-likeness (QED) is 0.404. The number of nitrogens with two attached hydrogens (primary N) is 1. The van der Waals surface area contributed by atoms with Gasteiger partial charge in [0.1, 0.15) is 0 Å². The van der Waals surface area contributed by atoms with E-state index in [-0.39, 0.29) is 17.9 Å². The lowest BCUT2D eigenvalue weighted by atomic mass is 9.96. The second-order valence-electron chi connectivity index (χ2n) is 3.99. The van der Waals surface area contributed by atoms with E-state index in [1.807, 2.05) is 0 Å². The number of carbonyl (C=O) groups excluding carboxylic acids is 2. The zero-order valence-corrected chi connectivity index (χ0v) is 8.56. The van der Waals surface area contributed by atoms with E-state index >= 15 is 0 Å². The van der Waals surface area contributed by atoms with Crippen LogP contribution in [0, 0.1) is 0 Å². The van der Waals surface area contributed by atoms with Gasteiger partial charge in [0.2, 0.25) is 0 Å². The molecule has 1 saturated carbocycles. The Labute approximate surface area is 88.4 Å². The van der Waals surface area contributed by atoms with Crippen molar-refractivity contribution in [3.63, 3.8) is 0 Å². The second-order valence-corrected chi connectivity index (χ2v) is 3.99. The number of amides is 2. The molecule has 1 heterocycles. The van der Waals surface area contributed by atoms with Crippen molar-refractivity contribution in [1.82, 2.24) is 10.1 Å². The normalized spacial score (nSPS) is 23.2. The number of hydrogen-bond acceptors (Lipinski definition) is 4. The minimum atomic E-state index is -0.340. The minimum Gasteiger partial charge on any atom is -0.268 e. The van der Waals surface area contributed by atoms with Crippen molar-refractivity contribution in [2.75, 3.05) is 0 Å². The van der Waals surface area contributed by atoms with Gasteiger partial charge in [0.25, 0.3) is 11.8 Å². The molecule has 0 aromatic heterocycles. The van der Waals surface area contributed by atoms with Crippen LogP contribution in [0.3, 0.4) is 0 Å². The van der Waals surface area contributed by atoms with Gasteiger partial charge in [-0.2, -0.15) is 5.01 Å². The number of rotatable bonds is 2. The number of hydrazine groups is 2. The summed E-state index contributed by atoms with van der Waals surface area (Å²) in [5, 5.41) is 2.33. The highest BCUT2D eigenvalue weighted by atomic mass is 16.2. The third-order valence-electron chi connectivity index (χ3n) is 2.97. The average Bonchev–Trinajstić information content (AvgIpc) is 2.59. The maximum Gasteiger partial charge on any atom is 0.269 e. The van der Waals surface area contributed by atoms with E-state index in [4.69, 9.17) is 5.84 Å².